The molecule has 2 aromatic heterocycles. The maximum atomic E-state index is 5.64. The Morgan fingerprint density at radius 2 is 2.26 bits per heavy atom. The fourth-order valence-electron chi connectivity index (χ4n) is 2.71. The second kappa shape index (κ2) is 5.72. The van der Waals surface area contributed by atoms with Crippen LogP contribution in [-0.2, 0) is 6.54 Å². The van der Waals surface area contributed by atoms with Gasteiger partial charge in [0.25, 0.3) is 0 Å². The van der Waals surface area contributed by atoms with Crippen molar-refractivity contribution in [2.45, 2.75) is 38.3 Å². The van der Waals surface area contributed by atoms with Crippen LogP contribution in [0.3, 0.4) is 0 Å². The van der Waals surface area contributed by atoms with E-state index in [0.29, 0.717) is 0 Å². The van der Waals surface area contributed by atoms with Gasteiger partial charge in [0.05, 0.1) is 5.69 Å². The van der Waals surface area contributed by atoms with Crippen molar-refractivity contribution >= 4 is 5.65 Å². The summed E-state index contributed by atoms with van der Waals surface area (Å²) in [5.41, 5.74) is 7.84. The molecule has 0 atom stereocenters. The first-order valence-electron chi connectivity index (χ1n) is 7.23. The third-order valence-corrected chi connectivity index (χ3v) is 4.02. The molecule has 3 rings (SSSR count). The maximum Gasteiger partial charge on any atom is 0.137 e. The second-order valence-electron chi connectivity index (χ2n) is 5.40. The Labute approximate surface area is 114 Å². The molecule has 0 radical (unpaired) electrons. The minimum absolute atomic E-state index is 0.747. The fraction of sp³-hybridized carbons (Fsp3) is 0.533. The smallest absolute Gasteiger partial charge is 0.137 e. The lowest BCUT2D eigenvalue weighted by atomic mass is 9.91. The number of hydrogen-bond acceptors (Lipinski definition) is 3. The molecule has 1 saturated carbocycles. The van der Waals surface area contributed by atoms with Gasteiger partial charge in [-0.1, -0.05) is 12.5 Å². The zero-order valence-electron chi connectivity index (χ0n) is 11.3. The van der Waals surface area contributed by atoms with Crippen molar-refractivity contribution in [3.8, 4) is 0 Å². The second-order valence-corrected chi connectivity index (χ2v) is 5.40. The molecule has 4 heteroatoms. The molecule has 0 saturated heterocycles. The molecule has 19 heavy (non-hydrogen) atoms. The van der Waals surface area contributed by atoms with E-state index in [9.17, 15) is 0 Å². The van der Waals surface area contributed by atoms with Gasteiger partial charge in [-0.3, -0.25) is 4.90 Å². The number of aromatic nitrogens is 2. The Balaban J connectivity index is 1.72. The lowest BCUT2D eigenvalue weighted by molar-refractivity contribution is 0.117. The van der Waals surface area contributed by atoms with Gasteiger partial charge in [-0.05, 0) is 37.9 Å². The SMILES string of the molecule is NCCCN(Cc1cn2ccccc2n1)C1CCC1. The van der Waals surface area contributed by atoms with Crippen LogP contribution in [-0.4, -0.2) is 33.4 Å². The van der Waals surface area contributed by atoms with Crippen molar-refractivity contribution in [1.82, 2.24) is 14.3 Å². The van der Waals surface area contributed by atoms with Crippen LogP contribution < -0.4 is 5.73 Å². The van der Waals surface area contributed by atoms with Crippen molar-refractivity contribution in [2.24, 2.45) is 5.73 Å². The number of nitrogens with two attached hydrogens (primary N) is 1. The van der Waals surface area contributed by atoms with Gasteiger partial charge < -0.3 is 10.1 Å². The summed E-state index contributed by atoms with van der Waals surface area (Å²) in [4.78, 5) is 7.25. The number of imidazole rings is 1. The lowest BCUT2D eigenvalue weighted by Gasteiger charge is -2.37. The van der Waals surface area contributed by atoms with Crippen LogP contribution in [0.2, 0.25) is 0 Å². The van der Waals surface area contributed by atoms with E-state index < -0.39 is 0 Å². The Morgan fingerprint density at radius 3 is 2.95 bits per heavy atom. The maximum absolute atomic E-state index is 5.64. The monoisotopic (exact) mass is 258 g/mol. The Kier molecular flexibility index (Phi) is 3.80. The van der Waals surface area contributed by atoms with Gasteiger partial charge in [-0.15, -0.1) is 0 Å². The molecule has 4 nitrogen and oxygen atoms in total. The predicted octanol–water partition coefficient (Wildman–Crippen LogP) is 2.04. The topological polar surface area (TPSA) is 46.6 Å². The van der Waals surface area contributed by atoms with Crippen molar-refractivity contribution in [1.29, 1.82) is 0 Å². The number of pyridine rings is 1. The molecular weight excluding hydrogens is 236 g/mol. The molecule has 1 aliphatic carbocycles. The first-order chi connectivity index (χ1) is 9.36. The van der Waals surface area contributed by atoms with Crippen LogP contribution >= 0.6 is 0 Å². The van der Waals surface area contributed by atoms with Crippen molar-refractivity contribution < 1.29 is 0 Å². The summed E-state index contributed by atoms with van der Waals surface area (Å²) < 4.78 is 2.09. The average Bonchev–Trinajstić information content (AvgIpc) is 2.76. The van der Waals surface area contributed by atoms with E-state index in [4.69, 9.17) is 10.7 Å². The van der Waals surface area contributed by atoms with Crippen molar-refractivity contribution in [3.05, 3.63) is 36.3 Å². The number of nitrogens with zero attached hydrogens (tertiary/aromatic N) is 3. The Bertz CT molecular complexity index is 497. The molecule has 2 aromatic rings. The molecule has 0 unspecified atom stereocenters. The van der Waals surface area contributed by atoms with Crippen LogP contribution in [0.5, 0.6) is 0 Å². The molecular formula is C15H22N4. The highest BCUT2D eigenvalue weighted by molar-refractivity contribution is 5.39. The number of rotatable bonds is 6. The Morgan fingerprint density at radius 1 is 1.37 bits per heavy atom. The number of hydrogen-bond donors (Lipinski definition) is 1. The van der Waals surface area contributed by atoms with Gasteiger partial charge in [0.15, 0.2) is 0 Å². The highest BCUT2D eigenvalue weighted by atomic mass is 15.2. The first kappa shape index (κ1) is 12.6. The highest BCUT2D eigenvalue weighted by Crippen LogP contribution is 2.26. The molecule has 2 heterocycles. The summed E-state index contributed by atoms with van der Waals surface area (Å²) in [6.07, 6.45) is 9.30. The van der Waals surface area contributed by atoms with E-state index in [1.807, 2.05) is 12.1 Å². The largest absolute Gasteiger partial charge is 0.330 e. The third kappa shape index (κ3) is 2.80. The van der Waals surface area contributed by atoms with E-state index >= 15 is 0 Å². The van der Waals surface area contributed by atoms with Crippen molar-refractivity contribution in [3.63, 3.8) is 0 Å². The summed E-state index contributed by atoms with van der Waals surface area (Å²) in [5.74, 6) is 0. The minimum atomic E-state index is 0.747. The minimum Gasteiger partial charge on any atom is -0.330 e. The van der Waals surface area contributed by atoms with Gasteiger partial charge in [0.1, 0.15) is 5.65 Å². The van der Waals surface area contributed by atoms with Crippen LogP contribution in [0.25, 0.3) is 5.65 Å². The van der Waals surface area contributed by atoms with Crippen molar-refractivity contribution in [2.75, 3.05) is 13.1 Å². The zero-order chi connectivity index (χ0) is 13.1. The van der Waals surface area contributed by atoms with Crippen LogP contribution in [0.4, 0.5) is 0 Å². The fourth-order valence-corrected chi connectivity index (χ4v) is 2.71. The van der Waals surface area contributed by atoms with Gasteiger partial charge in [-0.25, -0.2) is 4.98 Å². The molecule has 102 valence electrons. The van der Waals surface area contributed by atoms with E-state index in [1.165, 1.54) is 19.3 Å². The lowest BCUT2D eigenvalue weighted by Crippen LogP contribution is -2.40. The van der Waals surface area contributed by atoms with E-state index in [2.05, 4.69) is 27.8 Å². The van der Waals surface area contributed by atoms with Crippen LogP contribution in [0.1, 0.15) is 31.4 Å². The van der Waals surface area contributed by atoms with Gasteiger partial charge in [0, 0.05) is 31.5 Å². The van der Waals surface area contributed by atoms with Crippen LogP contribution in [0.15, 0.2) is 30.6 Å². The highest BCUT2D eigenvalue weighted by Gasteiger charge is 2.24. The van der Waals surface area contributed by atoms with E-state index in [-0.39, 0.29) is 0 Å². The van der Waals surface area contributed by atoms with Gasteiger partial charge in [0.2, 0.25) is 0 Å². The molecule has 0 bridgehead atoms. The predicted molar refractivity (Wildman–Crippen MR) is 76.9 cm³/mol. The molecule has 2 N–H and O–H groups in total. The average molecular weight is 258 g/mol. The summed E-state index contributed by atoms with van der Waals surface area (Å²) >= 11 is 0. The van der Waals surface area contributed by atoms with Gasteiger partial charge >= 0.3 is 0 Å². The number of fused-ring (bicyclic) bond motifs is 1. The van der Waals surface area contributed by atoms with Gasteiger partial charge in [-0.2, -0.15) is 0 Å². The quantitative estimate of drug-likeness (QED) is 0.862. The van der Waals surface area contributed by atoms with Crippen LogP contribution in [0, 0.1) is 0 Å². The molecule has 1 aliphatic rings. The first-order valence-corrected chi connectivity index (χ1v) is 7.23. The third-order valence-electron chi connectivity index (χ3n) is 4.02. The molecule has 0 amide bonds. The summed E-state index contributed by atoms with van der Waals surface area (Å²) in [7, 11) is 0. The van der Waals surface area contributed by atoms with E-state index in [1.54, 1.807) is 0 Å². The molecule has 0 aliphatic heterocycles. The summed E-state index contributed by atoms with van der Waals surface area (Å²) in [6, 6.07) is 6.87. The van der Waals surface area contributed by atoms with E-state index in [0.717, 1.165) is 43.4 Å². The summed E-state index contributed by atoms with van der Waals surface area (Å²) in [5, 5.41) is 0. The normalized spacial score (nSPS) is 16.1. The molecule has 1 fully saturated rings. The molecule has 0 aromatic carbocycles. The summed E-state index contributed by atoms with van der Waals surface area (Å²) in [6.45, 7) is 2.82. The zero-order valence-corrected chi connectivity index (χ0v) is 11.3. The Hall–Kier alpha value is -1.39. The molecule has 0 spiro atoms. The standard InChI is InChI=1S/C15H22N4/c16-8-4-10-18(14-5-3-6-14)11-13-12-19-9-2-1-7-15(19)17-13/h1-2,7,9,12,14H,3-6,8,10-11,16H2.